The van der Waals surface area contributed by atoms with Crippen molar-refractivity contribution >= 4 is 0 Å². The zero-order valence-corrected chi connectivity index (χ0v) is 19.2. The van der Waals surface area contributed by atoms with Gasteiger partial charge in [-0.25, -0.2) is 17.6 Å². The number of benzene rings is 3. The van der Waals surface area contributed by atoms with E-state index in [1.807, 2.05) is 37.3 Å². The average molecular weight is 455 g/mol. The van der Waals surface area contributed by atoms with Crippen LogP contribution < -0.4 is 0 Å². The second-order valence-corrected chi connectivity index (χ2v) is 9.12. The normalized spacial score (nSPS) is 19.5. The standard InChI is InChI=1S/C29H30F4/c1-3-18-10-8-9-13-23(18)22(4-2)25-28(32)26(30)24(27(31)29(25)33)21-16-14-20(15-17-21)19-11-6-5-7-12-19/h5-7,11-12,14-18,22-23H,3-4,8-10,13H2,1-2H3. The van der Waals surface area contributed by atoms with Gasteiger partial charge in [-0.15, -0.1) is 0 Å². The van der Waals surface area contributed by atoms with E-state index in [2.05, 4.69) is 6.92 Å². The lowest BCUT2D eigenvalue weighted by molar-refractivity contribution is 0.185. The fourth-order valence-electron chi connectivity index (χ4n) is 5.68. The summed E-state index contributed by atoms with van der Waals surface area (Å²) in [6.45, 7) is 3.92. The first-order valence-electron chi connectivity index (χ1n) is 12.0. The molecule has 0 radical (unpaired) electrons. The molecule has 4 heteroatoms. The van der Waals surface area contributed by atoms with Crippen LogP contribution >= 0.6 is 0 Å². The zero-order chi connectivity index (χ0) is 23.5. The van der Waals surface area contributed by atoms with Crippen molar-refractivity contribution in [2.45, 2.75) is 58.3 Å². The molecule has 3 unspecified atom stereocenters. The second kappa shape index (κ2) is 10.1. The van der Waals surface area contributed by atoms with Crippen LogP contribution in [-0.2, 0) is 0 Å². The van der Waals surface area contributed by atoms with Gasteiger partial charge >= 0.3 is 0 Å². The van der Waals surface area contributed by atoms with E-state index in [9.17, 15) is 0 Å². The Morgan fingerprint density at radius 1 is 0.697 bits per heavy atom. The molecule has 0 amide bonds. The fourth-order valence-corrected chi connectivity index (χ4v) is 5.68. The maximum absolute atomic E-state index is 15.4. The number of rotatable bonds is 6. The quantitative estimate of drug-likeness (QED) is 0.257. The molecule has 3 aromatic rings. The van der Waals surface area contributed by atoms with Crippen LogP contribution in [-0.4, -0.2) is 0 Å². The molecule has 0 nitrogen and oxygen atoms in total. The Morgan fingerprint density at radius 2 is 1.24 bits per heavy atom. The van der Waals surface area contributed by atoms with E-state index in [0.717, 1.165) is 43.2 Å². The summed E-state index contributed by atoms with van der Waals surface area (Å²) in [5.74, 6) is -5.29. The van der Waals surface area contributed by atoms with Crippen molar-refractivity contribution in [2.75, 3.05) is 0 Å². The second-order valence-electron chi connectivity index (χ2n) is 9.12. The Kier molecular flexibility index (Phi) is 7.21. The zero-order valence-electron chi connectivity index (χ0n) is 19.2. The molecule has 0 bridgehead atoms. The number of hydrogen-bond donors (Lipinski definition) is 0. The summed E-state index contributed by atoms with van der Waals surface area (Å²) in [6, 6.07) is 16.0. The average Bonchev–Trinajstić information content (AvgIpc) is 2.86. The molecule has 0 heterocycles. The predicted octanol–water partition coefficient (Wildman–Crippen LogP) is 9.29. The molecule has 0 saturated heterocycles. The van der Waals surface area contributed by atoms with Crippen LogP contribution in [0.25, 0.3) is 22.3 Å². The van der Waals surface area contributed by atoms with Gasteiger partial charge in [0.05, 0.1) is 5.56 Å². The van der Waals surface area contributed by atoms with Gasteiger partial charge in [0.2, 0.25) is 0 Å². The van der Waals surface area contributed by atoms with Crippen LogP contribution in [0.5, 0.6) is 0 Å². The van der Waals surface area contributed by atoms with Crippen molar-refractivity contribution in [3.63, 3.8) is 0 Å². The van der Waals surface area contributed by atoms with Gasteiger partial charge in [-0.1, -0.05) is 94.1 Å². The molecule has 33 heavy (non-hydrogen) atoms. The molecule has 174 valence electrons. The van der Waals surface area contributed by atoms with E-state index in [0.29, 0.717) is 12.3 Å². The lowest BCUT2D eigenvalue weighted by Crippen LogP contribution is -2.27. The summed E-state index contributed by atoms with van der Waals surface area (Å²) in [5.41, 5.74) is 0.862. The molecular formula is C29H30F4. The van der Waals surface area contributed by atoms with Crippen molar-refractivity contribution in [2.24, 2.45) is 11.8 Å². The highest BCUT2D eigenvalue weighted by Crippen LogP contribution is 2.46. The minimum absolute atomic E-state index is 0.0348. The molecule has 0 aliphatic heterocycles. The molecule has 0 spiro atoms. The lowest BCUT2D eigenvalue weighted by Gasteiger charge is -2.37. The summed E-state index contributed by atoms with van der Waals surface area (Å²) < 4.78 is 61.3. The van der Waals surface area contributed by atoms with Crippen LogP contribution in [0.2, 0.25) is 0 Å². The number of hydrogen-bond acceptors (Lipinski definition) is 0. The van der Waals surface area contributed by atoms with Gasteiger partial charge in [0.15, 0.2) is 23.3 Å². The fraction of sp³-hybridized carbons (Fsp3) is 0.379. The van der Waals surface area contributed by atoms with E-state index in [4.69, 9.17) is 0 Å². The van der Waals surface area contributed by atoms with Gasteiger partial charge in [0.1, 0.15) is 0 Å². The van der Waals surface area contributed by atoms with Crippen molar-refractivity contribution < 1.29 is 17.6 Å². The maximum Gasteiger partial charge on any atom is 0.170 e. The van der Waals surface area contributed by atoms with Crippen LogP contribution in [0.4, 0.5) is 17.6 Å². The van der Waals surface area contributed by atoms with Crippen molar-refractivity contribution in [3.05, 3.63) is 83.4 Å². The molecule has 1 aliphatic carbocycles. The van der Waals surface area contributed by atoms with Gasteiger partial charge in [-0.3, -0.25) is 0 Å². The van der Waals surface area contributed by atoms with E-state index in [1.165, 1.54) is 12.1 Å². The van der Waals surface area contributed by atoms with E-state index in [-0.39, 0.29) is 11.5 Å². The molecule has 3 aromatic carbocycles. The first-order chi connectivity index (χ1) is 16.0. The Balaban J connectivity index is 1.75. The van der Waals surface area contributed by atoms with Gasteiger partial charge < -0.3 is 0 Å². The Bertz CT molecular complexity index is 1060. The minimum atomic E-state index is -1.31. The summed E-state index contributed by atoms with van der Waals surface area (Å²) in [6.07, 6.45) is 5.26. The molecule has 1 saturated carbocycles. The molecule has 0 aromatic heterocycles. The SMILES string of the molecule is CCC1CCCCC1C(CC)c1c(F)c(F)c(-c2ccc(-c3ccccc3)cc2)c(F)c1F. The first kappa shape index (κ1) is 23.5. The van der Waals surface area contributed by atoms with E-state index < -0.39 is 40.3 Å². The topological polar surface area (TPSA) is 0 Å². The summed E-state index contributed by atoms with van der Waals surface area (Å²) >= 11 is 0. The molecule has 1 fully saturated rings. The van der Waals surface area contributed by atoms with E-state index >= 15 is 17.6 Å². The molecule has 0 N–H and O–H groups in total. The molecule has 3 atom stereocenters. The van der Waals surface area contributed by atoms with Crippen molar-refractivity contribution in [1.82, 2.24) is 0 Å². The molecule has 1 aliphatic rings. The van der Waals surface area contributed by atoms with Gasteiger partial charge in [-0.2, -0.15) is 0 Å². The Hall–Kier alpha value is -2.62. The highest BCUT2D eigenvalue weighted by atomic mass is 19.2. The Labute approximate surface area is 193 Å². The Morgan fingerprint density at radius 3 is 1.82 bits per heavy atom. The van der Waals surface area contributed by atoms with Crippen LogP contribution in [0, 0.1) is 35.1 Å². The third-order valence-corrected chi connectivity index (χ3v) is 7.40. The third kappa shape index (κ3) is 4.45. The van der Waals surface area contributed by atoms with Crippen molar-refractivity contribution in [3.8, 4) is 22.3 Å². The molecule has 4 rings (SSSR count). The maximum atomic E-state index is 15.4. The summed E-state index contributed by atoms with van der Waals surface area (Å²) in [7, 11) is 0. The van der Waals surface area contributed by atoms with Crippen molar-refractivity contribution in [1.29, 1.82) is 0 Å². The predicted molar refractivity (Wildman–Crippen MR) is 126 cm³/mol. The summed E-state index contributed by atoms with van der Waals surface area (Å²) in [5, 5.41) is 0. The first-order valence-corrected chi connectivity index (χ1v) is 12.0. The van der Waals surface area contributed by atoms with Gasteiger partial charge in [-0.05, 0) is 47.3 Å². The van der Waals surface area contributed by atoms with Crippen LogP contribution in [0.15, 0.2) is 54.6 Å². The highest BCUT2D eigenvalue weighted by Gasteiger charge is 2.37. The van der Waals surface area contributed by atoms with Gasteiger partial charge in [0.25, 0.3) is 0 Å². The number of halogens is 4. The molecular weight excluding hydrogens is 424 g/mol. The summed E-state index contributed by atoms with van der Waals surface area (Å²) in [4.78, 5) is 0. The smallest absolute Gasteiger partial charge is 0.170 e. The third-order valence-electron chi connectivity index (χ3n) is 7.40. The van der Waals surface area contributed by atoms with E-state index in [1.54, 1.807) is 12.1 Å². The minimum Gasteiger partial charge on any atom is -0.203 e. The van der Waals surface area contributed by atoms with Crippen LogP contribution in [0.3, 0.4) is 0 Å². The lowest BCUT2D eigenvalue weighted by atomic mass is 9.68. The largest absolute Gasteiger partial charge is 0.203 e. The van der Waals surface area contributed by atoms with Gasteiger partial charge in [0, 0.05) is 5.56 Å². The monoisotopic (exact) mass is 454 g/mol. The highest BCUT2D eigenvalue weighted by molar-refractivity contribution is 5.71. The van der Waals surface area contributed by atoms with Crippen LogP contribution in [0.1, 0.15) is 63.9 Å².